The number of carbonyl (C=O) groups excluding carboxylic acids is 4. The molecule has 2 atom stereocenters. The second kappa shape index (κ2) is 10.4. The number of carbonyl (C=O) groups is 4. The van der Waals surface area contributed by atoms with Crippen LogP contribution < -0.4 is 20.3 Å². The second-order valence-corrected chi connectivity index (χ2v) is 7.22. The van der Waals surface area contributed by atoms with Crippen LogP contribution in [0.1, 0.15) is 20.3 Å². The number of amides is 4. The number of rotatable bonds is 7. The van der Waals surface area contributed by atoms with Crippen LogP contribution >= 0.6 is 0 Å². The van der Waals surface area contributed by atoms with Crippen LogP contribution in [0, 0.1) is 5.92 Å². The largest absolute Gasteiger partial charge is 0.494 e. The maximum atomic E-state index is 12.5. The van der Waals surface area contributed by atoms with Crippen LogP contribution in [0.5, 0.6) is 5.75 Å². The van der Waals surface area contributed by atoms with E-state index in [1.54, 1.807) is 54.6 Å². The van der Waals surface area contributed by atoms with Gasteiger partial charge >= 0.3 is 12.0 Å². The van der Waals surface area contributed by atoms with Crippen molar-refractivity contribution in [2.45, 2.75) is 26.4 Å². The number of para-hydroxylation sites is 1. The van der Waals surface area contributed by atoms with Crippen molar-refractivity contribution in [3.8, 4) is 5.75 Å². The Labute approximate surface area is 185 Å². The number of hydrogen-bond donors (Lipinski definition) is 2. The van der Waals surface area contributed by atoms with Crippen molar-refractivity contribution >= 4 is 35.2 Å². The van der Waals surface area contributed by atoms with E-state index >= 15 is 0 Å². The summed E-state index contributed by atoms with van der Waals surface area (Å²) in [6.45, 7) is 3.93. The molecular weight excluding hydrogens is 414 g/mol. The van der Waals surface area contributed by atoms with E-state index < -0.39 is 29.9 Å². The number of urea groups is 1. The number of anilines is 2. The molecule has 0 spiro atoms. The molecule has 0 radical (unpaired) electrons. The predicted molar refractivity (Wildman–Crippen MR) is 117 cm³/mol. The van der Waals surface area contributed by atoms with E-state index in [9.17, 15) is 19.2 Å². The lowest BCUT2D eigenvalue weighted by molar-refractivity contribution is -0.158. The molecule has 168 valence electrons. The Kier molecular flexibility index (Phi) is 7.43. The zero-order chi connectivity index (χ0) is 23.1. The van der Waals surface area contributed by atoms with Gasteiger partial charge in [-0.2, -0.15) is 0 Å². The molecule has 1 fully saturated rings. The Hall–Kier alpha value is -3.88. The molecule has 1 saturated heterocycles. The van der Waals surface area contributed by atoms with Crippen LogP contribution in [0.4, 0.5) is 16.2 Å². The zero-order valence-corrected chi connectivity index (χ0v) is 17.9. The molecule has 2 N–H and O–H groups in total. The maximum absolute atomic E-state index is 12.5. The third-order valence-electron chi connectivity index (χ3n) is 4.85. The summed E-state index contributed by atoms with van der Waals surface area (Å²) in [6, 6.07) is 14.9. The molecule has 1 aliphatic heterocycles. The van der Waals surface area contributed by atoms with Gasteiger partial charge in [-0.05, 0) is 50.2 Å². The summed E-state index contributed by atoms with van der Waals surface area (Å²) in [5.74, 6) is -1.66. The zero-order valence-electron chi connectivity index (χ0n) is 17.9. The number of hydrogen-bond acceptors (Lipinski definition) is 6. The van der Waals surface area contributed by atoms with E-state index in [0.717, 1.165) is 0 Å². The van der Waals surface area contributed by atoms with Crippen molar-refractivity contribution in [2.75, 3.05) is 23.4 Å². The number of ether oxygens (including phenoxy) is 2. The number of nitrogens with zero attached hydrogens (tertiary/aromatic N) is 1. The first-order chi connectivity index (χ1) is 15.4. The molecule has 9 heteroatoms. The Morgan fingerprint density at radius 1 is 1.09 bits per heavy atom. The van der Waals surface area contributed by atoms with Crippen molar-refractivity contribution in [2.24, 2.45) is 5.92 Å². The van der Waals surface area contributed by atoms with E-state index in [2.05, 4.69) is 10.6 Å². The van der Waals surface area contributed by atoms with Gasteiger partial charge in [0.1, 0.15) is 5.75 Å². The number of esters is 1. The summed E-state index contributed by atoms with van der Waals surface area (Å²) in [4.78, 5) is 50.5. The molecule has 2 unspecified atom stereocenters. The fraction of sp³-hybridized carbons (Fsp3) is 0.304. The van der Waals surface area contributed by atoms with Crippen molar-refractivity contribution in [1.29, 1.82) is 0 Å². The third kappa shape index (κ3) is 5.84. The van der Waals surface area contributed by atoms with Gasteiger partial charge in [0.25, 0.3) is 5.91 Å². The van der Waals surface area contributed by atoms with Crippen molar-refractivity contribution in [1.82, 2.24) is 5.32 Å². The lowest BCUT2D eigenvalue weighted by Gasteiger charge is -2.18. The van der Waals surface area contributed by atoms with Crippen LogP contribution in [0.2, 0.25) is 0 Å². The van der Waals surface area contributed by atoms with E-state index in [1.165, 1.54) is 11.8 Å². The average molecular weight is 439 g/mol. The first-order valence-corrected chi connectivity index (χ1v) is 10.3. The molecule has 2 aromatic carbocycles. The molecule has 4 amide bonds. The summed E-state index contributed by atoms with van der Waals surface area (Å²) in [5.41, 5.74) is 1.17. The highest BCUT2D eigenvalue weighted by Crippen LogP contribution is 2.27. The molecule has 0 aromatic heterocycles. The molecule has 2 aromatic rings. The van der Waals surface area contributed by atoms with E-state index in [4.69, 9.17) is 9.47 Å². The molecule has 32 heavy (non-hydrogen) atoms. The Bertz CT molecular complexity index is 977. The third-order valence-corrected chi connectivity index (χ3v) is 4.85. The minimum Gasteiger partial charge on any atom is -0.494 e. The van der Waals surface area contributed by atoms with Gasteiger partial charge in [0, 0.05) is 24.3 Å². The van der Waals surface area contributed by atoms with Crippen molar-refractivity contribution < 1.29 is 28.7 Å². The quantitative estimate of drug-likeness (QED) is 0.641. The summed E-state index contributed by atoms with van der Waals surface area (Å²) in [6.07, 6.45) is -1.21. The molecule has 9 nitrogen and oxygen atoms in total. The fourth-order valence-electron chi connectivity index (χ4n) is 3.23. The lowest BCUT2D eigenvalue weighted by atomic mass is 10.1. The molecule has 1 heterocycles. The lowest BCUT2D eigenvalue weighted by Crippen LogP contribution is -2.42. The summed E-state index contributed by atoms with van der Waals surface area (Å²) in [7, 11) is 0. The highest BCUT2D eigenvalue weighted by atomic mass is 16.5. The van der Waals surface area contributed by atoms with E-state index in [0.29, 0.717) is 23.7 Å². The normalized spacial score (nSPS) is 16.2. The van der Waals surface area contributed by atoms with Gasteiger partial charge in [-0.15, -0.1) is 0 Å². The van der Waals surface area contributed by atoms with E-state index in [1.807, 2.05) is 6.92 Å². The predicted octanol–water partition coefficient (Wildman–Crippen LogP) is 2.72. The Balaban J connectivity index is 1.50. The smallest absolute Gasteiger partial charge is 0.325 e. The van der Waals surface area contributed by atoms with Crippen molar-refractivity contribution in [3.63, 3.8) is 0 Å². The highest BCUT2D eigenvalue weighted by molar-refractivity contribution is 6.03. The van der Waals surface area contributed by atoms with E-state index in [-0.39, 0.29) is 18.9 Å². The van der Waals surface area contributed by atoms with Crippen LogP contribution in [-0.2, 0) is 19.1 Å². The summed E-state index contributed by atoms with van der Waals surface area (Å²) in [5, 5.41) is 4.63. The molecule has 0 bridgehead atoms. The monoisotopic (exact) mass is 439 g/mol. The van der Waals surface area contributed by atoms with Crippen LogP contribution in [0.15, 0.2) is 54.6 Å². The molecule has 1 aliphatic rings. The maximum Gasteiger partial charge on any atom is 0.325 e. The van der Waals surface area contributed by atoms with Gasteiger partial charge in [0.2, 0.25) is 5.91 Å². The van der Waals surface area contributed by atoms with Gasteiger partial charge in [-0.25, -0.2) is 4.79 Å². The van der Waals surface area contributed by atoms with Gasteiger partial charge in [0.05, 0.1) is 12.5 Å². The average Bonchev–Trinajstić information content (AvgIpc) is 3.17. The Morgan fingerprint density at radius 3 is 2.44 bits per heavy atom. The van der Waals surface area contributed by atoms with Gasteiger partial charge in [0.15, 0.2) is 6.10 Å². The van der Waals surface area contributed by atoms with Crippen LogP contribution in [-0.4, -0.2) is 43.1 Å². The number of benzene rings is 2. The topological polar surface area (TPSA) is 114 Å². The molecule has 0 saturated carbocycles. The van der Waals surface area contributed by atoms with Crippen LogP contribution in [0.25, 0.3) is 0 Å². The SMILES string of the molecule is CCOc1ccc(N2CC(C(=O)OC(C)C(=O)NC(=O)Nc3ccccc3)CC2=O)cc1. The number of imide groups is 1. The summed E-state index contributed by atoms with van der Waals surface area (Å²) < 4.78 is 10.6. The first-order valence-electron chi connectivity index (χ1n) is 10.3. The standard InChI is InChI=1S/C23H25N3O6/c1-3-31-19-11-9-18(10-12-19)26-14-16(13-20(26)27)22(29)32-15(2)21(28)25-23(30)24-17-7-5-4-6-8-17/h4-12,15-16H,3,13-14H2,1-2H3,(H2,24,25,28,30). The minimum atomic E-state index is -1.20. The van der Waals surface area contributed by atoms with Crippen molar-refractivity contribution in [3.05, 3.63) is 54.6 Å². The molecule has 0 aliphatic carbocycles. The number of nitrogens with one attached hydrogen (secondary N) is 2. The Morgan fingerprint density at radius 2 is 1.78 bits per heavy atom. The van der Waals surface area contributed by atoms with Gasteiger partial charge in [-0.3, -0.25) is 19.7 Å². The molecule has 3 rings (SSSR count). The van der Waals surface area contributed by atoms with Gasteiger partial charge < -0.3 is 19.7 Å². The summed E-state index contributed by atoms with van der Waals surface area (Å²) >= 11 is 0. The van der Waals surface area contributed by atoms with Gasteiger partial charge in [-0.1, -0.05) is 18.2 Å². The first kappa shape index (κ1) is 22.8. The highest BCUT2D eigenvalue weighted by Gasteiger charge is 2.37. The minimum absolute atomic E-state index is 0.0190. The van der Waals surface area contributed by atoms with Crippen LogP contribution in [0.3, 0.4) is 0 Å². The fourth-order valence-corrected chi connectivity index (χ4v) is 3.23. The second-order valence-electron chi connectivity index (χ2n) is 7.22. The molecular formula is C23H25N3O6.